The third-order valence-electron chi connectivity index (χ3n) is 4.77. The van der Waals surface area contributed by atoms with Crippen LogP contribution in [-0.4, -0.2) is 81.7 Å². The summed E-state index contributed by atoms with van der Waals surface area (Å²) in [6.07, 6.45) is 1.71. The van der Waals surface area contributed by atoms with Gasteiger partial charge < -0.3 is 33.5 Å². The molecule has 0 bridgehead atoms. The van der Waals surface area contributed by atoms with Crippen LogP contribution in [0.25, 0.3) is 0 Å². The zero-order valence-electron chi connectivity index (χ0n) is 20.8. The molecule has 1 aromatic carbocycles. The molecular formula is C25H42O8. The van der Waals surface area contributed by atoms with Crippen molar-refractivity contribution < 1.29 is 38.3 Å². The number of carbonyl (C=O) groups is 1. The van der Waals surface area contributed by atoms with Crippen LogP contribution in [0.5, 0.6) is 5.75 Å². The first-order chi connectivity index (χ1) is 15.8. The predicted molar refractivity (Wildman–Crippen MR) is 126 cm³/mol. The molecule has 1 rings (SSSR count). The molecule has 0 aliphatic heterocycles. The Labute approximate surface area is 198 Å². The van der Waals surface area contributed by atoms with E-state index in [2.05, 4.69) is 0 Å². The first kappa shape index (κ1) is 29.3. The molecule has 3 unspecified atom stereocenters. The smallest absolute Gasteiger partial charge is 0.335 e. The predicted octanol–water partition coefficient (Wildman–Crippen LogP) is 4.20. The fourth-order valence-electron chi connectivity index (χ4n) is 3.16. The lowest BCUT2D eigenvalue weighted by atomic mass is 10.1. The van der Waals surface area contributed by atoms with Gasteiger partial charge in [-0.15, -0.1) is 0 Å². The van der Waals surface area contributed by atoms with Gasteiger partial charge in [0, 0.05) is 6.61 Å². The average molecular weight is 471 g/mol. The monoisotopic (exact) mass is 470 g/mol. The minimum atomic E-state index is -0.958. The van der Waals surface area contributed by atoms with E-state index in [4.69, 9.17) is 33.5 Å². The largest absolute Gasteiger partial charge is 0.491 e. The van der Waals surface area contributed by atoms with Crippen LogP contribution in [0.2, 0.25) is 0 Å². The van der Waals surface area contributed by atoms with E-state index in [-0.39, 0.29) is 30.0 Å². The fraction of sp³-hybridized carbons (Fsp3) is 0.720. The molecule has 0 amide bonds. The Bertz CT molecular complexity index is 619. The summed E-state index contributed by atoms with van der Waals surface area (Å²) < 4.78 is 34.3. The van der Waals surface area contributed by atoms with Gasteiger partial charge in [-0.3, -0.25) is 0 Å². The number of rotatable bonds is 20. The van der Waals surface area contributed by atoms with E-state index in [1.54, 1.807) is 12.1 Å². The minimum absolute atomic E-state index is 0.00838. The molecule has 0 aliphatic rings. The highest BCUT2D eigenvalue weighted by atomic mass is 16.5. The van der Waals surface area contributed by atoms with Crippen molar-refractivity contribution in [2.24, 2.45) is 0 Å². The van der Waals surface area contributed by atoms with E-state index in [1.807, 2.05) is 34.6 Å². The molecule has 33 heavy (non-hydrogen) atoms. The number of aromatic carboxylic acids is 1. The van der Waals surface area contributed by atoms with E-state index in [9.17, 15) is 4.79 Å². The fourth-order valence-corrected chi connectivity index (χ4v) is 3.16. The highest BCUT2D eigenvalue weighted by molar-refractivity contribution is 5.87. The van der Waals surface area contributed by atoms with E-state index in [1.165, 1.54) is 12.1 Å². The standard InChI is InChI=1S/C25H42O8/c1-6-28-11-12-33-24(17-20(4)30-14-13-29-19(2)3)18-21(5)31-15-16-32-23-9-7-22(8-10-23)25(26)27/h7-10,19-21,24H,6,11-18H2,1-5H3,(H,26,27). The normalized spacial score (nSPS) is 14.2. The molecule has 0 spiro atoms. The molecule has 1 aromatic rings. The Morgan fingerprint density at radius 1 is 0.788 bits per heavy atom. The second-order valence-corrected chi connectivity index (χ2v) is 8.12. The third-order valence-corrected chi connectivity index (χ3v) is 4.77. The van der Waals surface area contributed by atoms with Gasteiger partial charge in [0.2, 0.25) is 0 Å². The molecule has 1 N–H and O–H groups in total. The van der Waals surface area contributed by atoms with Crippen LogP contribution in [0.1, 0.15) is 57.8 Å². The van der Waals surface area contributed by atoms with E-state index >= 15 is 0 Å². The molecule has 0 saturated heterocycles. The Balaban J connectivity index is 2.36. The second kappa shape index (κ2) is 17.7. The van der Waals surface area contributed by atoms with Crippen molar-refractivity contribution in [3.8, 4) is 5.75 Å². The lowest BCUT2D eigenvalue weighted by molar-refractivity contribution is -0.0643. The van der Waals surface area contributed by atoms with Crippen LogP contribution in [-0.2, 0) is 23.7 Å². The van der Waals surface area contributed by atoms with Crippen molar-refractivity contribution in [2.75, 3.05) is 46.2 Å². The van der Waals surface area contributed by atoms with Gasteiger partial charge in [0.15, 0.2) is 0 Å². The topological polar surface area (TPSA) is 92.7 Å². The van der Waals surface area contributed by atoms with Crippen LogP contribution in [0.15, 0.2) is 24.3 Å². The Hall–Kier alpha value is -1.71. The van der Waals surface area contributed by atoms with Crippen molar-refractivity contribution in [2.45, 2.75) is 71.9 Å². The van der Waals surface area contributed by atoms with Crippen molar-refractivity contribution in [3.05, 3.63) is 29.8 Å². The molecule has 8 heteroatoms. The summed E-state index contributed by atoms with van der Waals surface area (Å²) in [7, 11) is 0. The van der Waals surface area contributed by atoms with Crippen molar-refractivity contribution in [3.63, 3.8) is 0 Å². The van der Waals surface area contributed by atoms with Gasteiger partial charge >= 0.3 is 5.97 Å². The maximum absolute atomic E-state index is 10.9. The summed E-state index contributed by atoms with van der Waals surface area (Å²) >= 11 is 0. The van der Waals surface area contributed by atoms with Crippen molar-refractivity contribution in [1.29, 1.82) is 0 Å². The maximum Gasteiger partial charge on any atom is 0.335 e. The Morgan fingerprint density at radius 2 is 1.33 bits per heavy atom. The molecule has 0 fully saturated rings. The number of hydrogen-bond acceptors (Lipinski definition) is 7. The van der Waals surface area contributed by atoms with Crippen LogP contribution >= 0.6 is 0 Å². The zero-order valence-corrected chi connectivity index (χ0v) is 20.8. The number of benzene rings is 1. The van der Waals surface area contributed by atoms with E-state index in [0.29, 0.717) is 52.0 Å². The second-order valence-electron chi connectivity index (χ2n) is 8.12. The van der Waals surface area contributed by atoms with Gasteiger partial charge in [-0.25, -0.2) is 4.79 Å². The quantitative estimate of drug-likeness (QED) is 0.284. The first-order valence-corrected chi connectivity index (χ1v) is 11.8. The van der Waals surface area contributed by atoms with Crippen molar-refractivity contribution >= 4 is 5.97 Å². The lowest BCUT2D eigenvalue weighted by Crippen LogP contribution is -2.28. The number of carboxylic acid groups (broad SMARTS) is 1. The number of carboxylic acids is 1. The van der Waals surface area contributed by atoms with Crippen LogP contribution in [0.4, 0.5) is 0 Å². The number of hydrogen-bond donors (Lipinski definition) is 1. The summed E-state index contributed by atoms with van der Waals surface area (Å²) in [6.45, 7) is 13.7. The molecule has 0 heterocycles. The van der Waals surface area contributed by atoms with Crippen molar-refractivity contribution in [1.82, 2.24) is 0 Å². The van der Waals surface area contributed by atoms with Crippen LogP contribution in [0, 0.1) is 0 Å². The Kier molecular flexibility index (Phi) is 15.7. The van der Waals surface area contributed by atoms with Gasteiger partial charge in [-0.1, -0.05) is 0 Å². The molecule has 190 valence electrons. The van der Waals surface area contributed by atoms with E-state index < -0.39 is 5.97 Å². The van der Waals surface area contributed by atoms with E-state index in [0.717, 1.165) is 12.8 Å². The zero-order chi connectivity index (χ0) is 24.5. The third kappa shape index (κ3) is 14.9. The van der Waals surface area contributed by atoms with Gasteiger partial charge in [-0.2, -0.15) is 0 Å². The number of ether oxygens (including phenoxy) is 6. The lowest BCUT2D eigenvalue weighted by Gasteiger charge is -2.25. The Morgan fingerprint density at radius 3 is 1.88 bits per heavy atom. The van der Waals surface area contributed by atoms with Gasteiger partial charge in [-0.05, 0) is 71.7 Å². The molecular weight excluding hydrogens is 428 g/mol. The van der Waals surface area contributed by atoms with Gasteiger partial charge in [0.05, 0.1) is 63.0 Å². The SMILES string of the molecule is CCOCCOC(CC(C)OCCOc1ccc(C(=O)O)cc1)CC(C)OCCOC(C)C. The minimum Gasteiger partial charge on any atom is -0.491 e. The summed E-state index contributed by atoms with van der Waals surface area (Å²) in [6, 6.07) is 6.32. The van der Waals surface area contributed by atoms with Gasteiger partial charge in [0.1, 0.15) is 12.4 Å². The molecule has 0 saturated carbocycles. The van der Waals surface area contributed by atoms with Crippen LogP contribution < -0.4 is 4.74 Å². The van der Waals surface area contributed by atoms with Crippen LogP contribution in [0.3, 0.4) is 0 Å². The molecule has 3 atom stereocenters. The molecule has 0 aromatic heterocycles. The first-order valence-electron chi connectivity index (χ1n) is 11.8. The maximum atomic E-state index is 10.9. The highest BCUT2D eigenvalue weighted by Gasteiger charge is 2.18. The summed E-state index contributed by atoms with van der Waals surface area (Å²) in [5, 5.41) is 8.94. The van der Waals surface area contributed by atoms with Gasteiger partial charge in [0.25, 0.3) is 0 Å². The molecule has 0 radical (unpaired) electrons. The molecule has 0 aliphatic carbocycles. The summed E-state index contributed by atoms with van der Waals surface area (Å²) in [5.41, 5.74) is 0.230. The molecule has 8 nitrogen and oxygen atoms in total. The summed E-state index contributed by atoms with van der Waals surface area (Å²) in [5.74, 6) is -0.346. The highest BCUT2D eigenvalue weighted by Crippen LogP contribution is 2.15. The summed E-state index contributed by atoms with van der Waals surface area (Å²) in [4.78, 5) is 10.9. The average Bonchev–Trinajstić information content (AvgIpc) is 2.77.